The van der Waals surface area contributed by atoms with Crippen LogP contribution in [0.15, 0.2) is 18.2 Å². The lowest BCUT2D eigenvalue weighted by molar-refractivity contribution is -0.148. The number of ether oxygens (including phenoxy) is 1. The van der Waals surface area contributed by atoms with Gasteiger partial charge in [-0.3, -0.25) is 9.59 Å². The van der Waals surface area contributed by atoms with E-state index in [-0.39, 0.29) is 12.5 Å². The summed E-state index contributed by atoms with van der Waals surface area (Å²) >= 11 is 5.96. The number of aliphatic carboxylic acids is 1. The number of rotatable bonds is 5. The summed E-state index contributed by atoms with van der Waals surface area (Å²) in [6.07, 6.45) is 2.94. The minimum atomic E-state index is -0.889. The normalized spacial score (nSPS) is 21.2. The van der Waals surface area contributed by atoms with Gasteiger partial charge in [-0.05, 0) is 31.0 Å². The van der Waals surface area contributed by atoms with E-state index in [0.717, 1.165) is 18.4 Å². The highest BCUT2D eigenvalue weighted by atomic mass is 35.5. The summed E-state index contributed by atoms with van der Waals surface area (Å²) in [7, 11) is 1.55. The summed E-state index contributed by atoms with van der Waals surface area (Å²) < 4.78 is 5.23. The Morgan fingerprint density at radius 3 is 2.64 bits per heavy atom. The highest BCUT2D eigenvalue weighted by molar-refractivity contribution is 6.30. The summed E-state index contributed by atoms with van der Waals surface area (Å²) in [5, 5.41) is 12.6. The van der Waals surface area contributed by atoms with Crippen LogP contribution < -0.4 is 10.1 Å². The van der Waals surface area contributed by atoms with Crippen molar-refractivity contribution in [3.05, 3.63) is 28.8 Å². The molecule has 22 heavy (non-hydrogen) atoms. The van der Waals surface area contributed by atoms with Gasteiger partial charge < -0.3 is 15.2 Å². The molecule has 0 bridgehead atoms. The van der Waals surface area contributed by atoms with Crippen LogP contribution in [0.4, 0.5) is 0 Å². The van der Waals surface area contributed by atoms with Crippen molar-refractivity contribution in [3.8, 4) is 5.75 Å². The van der Waals surface area contributed by atoms with Crippen molar-refractivity contribution in [3.63, 3.8) is 0 Å². The quantitative estimate of drug-likeness (QED) is 0.872. The number of amides is 1. The SMILES string of the molecule is COc1ccc(Cl)cc1CNC(=O)C1CCCCC1C(=O)O. The third-order valence-electron chi connectivity index (χ3n) is 4.12. The Morgan fingerprint density at radius 2 is 2.00 bits per heavy atom. The fourth-order valence-electron chi connectivity index (χ4n) is 2.94. The van der Waals surface area contributed by atoms with E-state index in [4.69, 9.17) is 16.3 Å². The lowest BCUT2D eigenvalue weighted by Crippen LogP contribution is -2.39. The minimum absolute atomic E-state index is 0.214. The Labute approximate surface area is 134 Å². The van der Waals surface area contributed by atoms with Gasteiger partial charge in [-0.15, -0.1) is 0 Å². The van der Waals surface area contributed by atoms with Crippen molar-refractivity contribution in [2.45, 2.75) is 32.2 Å². The van der Waals surface area contributed by atoms with Gasteiger partial charge in [0, 0.05) is 17.1 Å². The zero-order chi connectivity index (χ0) is 16.1. The number of carbonyl (C=O) groups is 2. The summed E-state index contributed by atoms with van der Waals surface area (Å²) in [5.74, 6) is -1.51. The number of methoxy groups -OCH3 is 1. The molecule has 2 N–H and O–H groups in total. The Kier molecular flexibility index (Phi) is 5.66. The molecule has 0 aromatic heterocycles. The Bertz CT molecular complexity index is 561. The smallest absolute Gasteiger partial charge is 0.307 e. The van der Waals surface area contributed by atoms with Crippen LogP contribution in [0.1, 0.15) is 31.2 Å². The monoisotopic (exact) mass is 325 g/mol. The second-order valence-electron chi connectivity index (χ2n) is 5.51. The third-order valence-corrected chi connectivity index (χ3v) is 4.35. The fourth-order valence-corrected chi connectivity index (χ4v) is 3.13. The number of halogens is 1. The number of carboxylic acids is 1. The number of hydrogen-bond donors (Lipinski definition) is 2. The molecule has 0 heterocycles. The van der Waals surface area contributed by atoms with E-state index in [1.54, 1.807) is 25.3 Å². The van der Waals surface area contributed by atoms with E-state index >= 15 is 0 Å². The molecule has 1 fully saturated rings. The molecule has 1 aliphatic rings. The Morgan fingerprint density at radius 1 is 1.32 bits per heavy atom. The predicted octanol–water partition coefficient (Wildman–Crippen LogP) is 2.86. The van der Waals surface area contributed by atoms with Gasteiger partial charge in [0.25, 0.3) is 0 Å². The van der Waals surface area contributed by atoms with E-state index < -0.39 is 17.8 Å². The van der Waals surface area contributed by atoms with Gasteiger partial charge in [-0.25, -0.2) is 0 Å². The van der Waals surface area contributed by atoms with Crippen molar-refractivity contribution >= 4 is 23.5 Å². The van der Waals surface area contributed by atoms with Crippen LogP contribution in [0.2, 0.25) is 5.02 Å². The minimum Gasteiger partial charge on any atom is -0.496 e. The molecule has 1 amide bonds. The number of nitrogens with one attached hydrogen (secondary N) is 1. The number of carbonyl (C=O) groups excluding carboxylic acids is 1. The molecule has 1 saturated carbocycles. The molecule has 1 aromatic carbocycles. The first kappa shape index (κ1) is 16.6. The van der Waals surface area contributed by atoms with Crippen molar-refractivity contribution in [2.75, 3.05) is 7.11 Å². The number of hydrogen-bond acceptors (Lipinski definition) is 3. The second kappa shape index (κ2) is 7.49. The maximum absolute atomic E-state index is 12.3. The molecule has 2 unspecified atom stereocenters. The average molecular weight is 326 g/mol. The van der Waals surface area contributed by atoms with Crippen molar-refractivity contribution in [1.29, 1.82) is 0 Å². The van der Waals surface area contributed by atoms with Crippen LogP contribution in [0, 0.1) is 11.8 Å². The van der Waals surface area contributed by atoms with Crippen LogP contribution in [-0.2, 0) is 16.1 Å². The van der Waals surface area contributed by atoms with Crippen LogP contribution in [-0.4, -0.2) is 24.1 Å². The molecule has 0 aliphatic heterocycles. The first-order valence-electron chi connectivity index (χ1n) is 7.36. The molecular formula is C16H20ClNO4. The molecule has 1 aromatic rings. The third kappa shape index (κ3) is 3.91. The maximum Gasteiger partial charge on any atom is 0.307 e. The topological polar surface area (TPSA) is 75.6 Å². The lowest BCUT2D eigenvalue weighted by Gasteiger charge is -2.27. The molecular weight excluding hydrogens is 306 g/mol. The molecule has 5 nitrogen and oxygen atoms in total. The van der Waals surface area contributed by atoms with Crippen LogP contribution in [0.3, 0.4) is 0 Å². The Hall–Kier alpha value is -1.75. The zero-order valence-corrected chi connectivity index (χ0v) is 13.2. The van der Waals surface area contributed by atoms with Crippen LogP contribution in [0.25, 0.3) is 0 Å². The molecule has 2 rings (SSSR count). The standard InChI is InChI=1S/C16H20ClNO4/c1-22-14-7-6-11(17)8-10(14)9-18-15(19)12-4-2-3-5-13(12)16(20)21/h6-8,12-13H,2-5,9H2,1H3,(H,18,19)(H,20,21). The first-order valence-corrected chi connectivity index (χ1v) is 7.73. The molecule has 0 radical (unpaired) electrons. The van der Waals surface area contributed by atoms with Gasteiger partial charge in [0.1, 0.15) is 5.75 Å². The predicted molar refractivity (Wildman–Crippen MR) is 82.9 cm³/mol. The molecule has 0 saturated heterocycles. The summed E-state index contributed by atoms with van der Waals surface area (Å²) in [4.78, 5) is 23.6. The molecule has 2 atom stereocenters. The summed E-state index contributed by atoms with van der Waals surface area (Å²) in [5.41, 5.74) is 0.769. The molecule has 120 valence electrons. The number of benzene rings is 1. The molecule has 6 heteroatoms. The lowest BCUT2D eigenvalue weighted by atomic mass is 9.78. The van der Waals surface area contributed by atoms with Gasteiger partial charge in [-0.2, -0.15) is 0 Å². The van der Waals surface area contributed by atoms with Crippen LogP contribution >= 0.6 is 11.6 Å². The highest BCUT2D eigenvalue weighted by Gasteiger charge is 2.35. The largest absolute Gasteiger partial charge is 0.496 e. The van der Waals surface area contributed by atoms with Gasteiger partial charge >= 0.3 is 5.97 Å². The fraction of sp³-hybridized carbons (Fsp3) is 0.500. The zero-order valence-electron chi connectivity index (χ0n) is 12.5. The van der Waals surface area contributed by atoms with Gasteiger partial charge in [0.05, 0.1) is 18.9 Å². The van der Waals surface area contributed by atoms with E-state index in [2.05, 4.69) is 5.32 Å². The number of carboxylic acid groups (broad SMARTS) is 1. The van der Waals surface area contributed by atoms with Crippen molar-refractivity contribution < 1.29 is 19.4 Å². The van der Waals surface area contributed by atoms with E-state index in [9.17, 15) is 14.7 Å². The van der Waals surface area contributed by atoms with Gasteiger partial charge in [0.2, 0.25) is 5.91 Å². The van der Waals surface area contributed by atoms with E-state index in [1.807, 2.05) is 0 Å². The first-order chi connectivity index (χ1) is 10.5. The average Bonchev–Trinajstić information content (AvgIpc) is 2.52. The summed E-state index contributed by atoms with van der Waals surface area (Å²) in [6, 6.07) is 5.19. The summed E-state index contributed by atoms with van der Waals surface area (Å²) in [6.45, 7) is 0.269. The Balaban J connectivity index is 2.03. The van der Waals surface area contributed by atoms with Gasteiger partial charge in [0.15, 0.2) is 0 Å². The molecule has 1 aliphatic carbocycles. The maximum atomic E-state index is 12.3. The van der Waals surface area contributed by atoms with Gasteiger partial charge in [-0.1, -0.05) is 24.4 Å². The van der Waals surface area contributed by atoms with Crippen LogP contribution in [0.5, 0.6) is 5.75 Å². The highest BCUT2D eigenvalue weighted by Crippen LogP contribution is 2.30. The van der Waals surface area contributed by atoms with E-state index in [1.165, 1.54) is 0 Å². The van der Waals surface area contributed by atoms with Crippen molar-refractivity contribution in [1.82, 2.24) is 5.32 Å². The van der Waals surface area contributed by atoms with Crippen molar-refractivity contribution in [2.24, 2.45) is 11.8 Å². The molecule has 0 spiro atoms. The second-order valence-corrected chi connectivity index (χ2v) is 5.95. The van der Waals surface area contributed by atoms with E-state index in [0.29, 0.717) is 23.6 Å².